The number of ketones is 1. The maximum Gasteiger partial charge on any atom is 0.340 e. The fourth-order valence-electron chi connectivity index (χ4n) is 12.4. The normalized spacial score (nSPS) is 43.9. The maximum absolute atomic E-state index is 14.2. The van der Waals surface area contributed by atoms with Crippen molar-refractivity contribution in [3.63, 3.8) is 0 Å². The summed E-state index contributed by atoms with van der Waals surface area (Å²) < 4.78 is 26.0. The molecule has 2 heterocycles. The second-order valence-electron chi connectivity index (χ2n) is 15.2. The molecule has 260 valence electrons. The number of aryl methyl sites for hydroxylation is 1. The quantitative estimate of drug-likeness (QED) is 0.306. The number of ether oxygens (including phenoxy) is 4. The summed E-state index contributed by atoms with van der Waals surface area (Å²) in [6, 6.07) is 7.50. The first-order valence-electron chi connectivity index (χ1n) is 17.1. The van der Waals surface area contributed by atoms with Crippen LogP contribution < -0.4 is 0 Å². The van der Waals surface area contributed by atoms with E-state index >= 15 is 0 Å². The van der Waals surface area contributed by atoms with Gasteiger partial charge in [-0.15, -0.1) is 0 Å². The summed E-state index contributed by atoms with van der Waals surface area (Å²) in [5.74, 6) is -2.94. The van der Waals surface area contributed by atoms with Crippen LogP contribution in [0.15, 0.2) is 30.3 Å². The Morgan fingerprint density at radius 2 is 1.83 bits per heavy atom. The van der Waals surface area contributed by atoms with Crippen molar-refractivity contribution in [1.82, 2.24) is 9.47 Å². The van der Waals surface area contributed by atoms with Crippen molar-refractivity contribution >= 4 is 11.8 Å². The monoisotopic (exact) mass is 666 g/mol. The molecule has 5 aliphatic carbocycles. The van der Waals surface area contributed by atoms with Gasteiger partial charge < -0.3 is 39.4 Å². The predicted octanol–water partition coefficient (Wildman–Crippen LogP) is 2.20. The fraction of sp³-hybridized carbons (Fsp3) is 0.667. The molecule has 1 saturated heterocycles. The minimum absolute atomic E-state index is 0.00125. The zero-order valence-corrected chi connectivity index (χ0v) is 28.1. The van der Waals surface area contributed by atoms with Crippen LogP contribution in [-0.2, 0) is 23.7 Å². The second-order valence-corrected chi connectivity index (χ2v) is 15.2. The number of aliphatic hydroxyl groups is 2. The van der Waals surface area contributed by atoms with E-state index in [1.165, 1.54) is 10.6 Å². The Morgan fingerprint density at radius 3 is 2.48 bits per heavy atom. The van der Waals surface area contributed by atoms with Crippen LogP contribution in [0.3, 0.4) is 0 Å². The van der Waals surface area contributed by atoms with Crippen molar-refractivity contribution < 1.29 is 49.0 Å². The number of esters is 1. The molecule has 6 fully saturated rings. The molecule has 0 amide bonds. The smallest absolute Gasteiger partial charge is 0.340 e. The Hall–Kier alpha value is -3.00. The molecule has 1 aromatic carbocycles. The van der Waals surface area contributed by atoms with Crippen LogP contribution >= 0.6 is 0 Å². The molecule has 0 radical (unpaired) electrons. The highest BCUT2D eigenvalue weighted by atomic mass is 16.5. The van der Waals surface area contributed by atoms with E-state index in [4.69, 9.17) is 18.9 Å². The van der Waals surface area contributed by atoms with Gasteiger partial charge in [0.1, 0.15) is 17.0 Å². The third-order valence-corrected chi connectivity index (χ3v) is 13.8. The average Bonchev–Trinajstić information content (AvgIpc) is 3.56. The number of piperidine rings is 1. The standard InChI is InChI=1S/C36H46N2O10/c1-6-37-16-33(17-48-31(42)19-9-7-8-10-22(19)38-25(39)13-18(2)30(38)41)12-11-24(46-4)35-21-14-20-23(45-3)15-34(43,26(21)27(20)40)36(44,32(35)37)29(47-5)28(33)35/h7-10,13,20-21,23-24,26,28-29,32,39,41,43-44H,6,11-12,14-17H2,1-5H3/t20-,21-,23+,24+,26-,28-,29+,32?,33+,34-,35+,36-/m1/s1. The largest absolute Gasteiger partial charge is 0.494 e. The number of benzene rings is 1. The summed E-state index contributed by atoms with van der Waals surface area (Å²) in [5.41, 5.74) is -4.19. The summed E-state index contributed by atoms with van der Waals surface area (Å²) in [4.78, 5) is 30.4. The van der Waals surface area contributed by atoms with E-state index < -0.39 is 58.1 Å². The summed E-state index contributed by atoms with van der Waals surface area (Å²) >= 11 is 0. The van der Waals surface area contributed by atoms with E-state index in [2.05, 4.69) is 4.90 Å². The topological polar surface area (TPSA) is 160 Å². The van der Waals surface area contributed by atoms with Gasteiger partial charge in [-0.1, -0.05) is 19.1 Å². The number of para-hydroxylation sites is 1. The Balaban J connectivity index is 1.25. The Kier molecular flexibility index (Phi) is 7.05. The minimum atomic E-state index is -1.83. The van der Waals surface area contributed by atoms with Crippen LogP contribution in [0.25, 0.3) is 5.69 Å². The van der Waals surface area contributed by atoms with Gasteiger partial charge in [0.05, 0.1) is 48.1 Å². The number of hydrogen-bond acceptors (Lipinski definition) is 11. The van der Waals surface area contributed by atoms with Crippen LogP contribution in [0, 0.1) is 41.4 Å². The van der Waals surface area contributed by atoms with E-state index in [9.17, 15) is 30.0 Å². The van der Waals surface area contributed by atoms with Crippen LogP contribution in [0.1, 0.15) is 48.5 Å². The molecular formula is C36H46N2O10. The molecule has 1 spiro atoms. The molecule has 1 aromatic heterocycles. The number of likely N-dealkylation sites (N-methyl/N-ethyl adjacent to an activating group) is 1. The maximum atomic E-state index is 14.2. The van der Waals surface area contributed by atoms with Crippen molar-refractivity contribution in [3.8, 4) is 17.4 Å². The number of fused-ring (bicyclic) bond motifs is 2. The lowest BCUT2D eigenvalue weighted by atomic mass is 9.42. The van der Waals surface area contributed by atoms with Gasteiger partial charge in [0.15, 0.2) is 5.88 Å². The van der Waals surface area contributed by atoms with Gasteiger partial charge in [-0.3, -0.25) is 14.3 Å². The number of methoxy groups -OCH3 is 3. The first-order chi connectivity index (χ1) is 22.9. The lowest BCUT2D eigenvalue weighted by Crippen LogP contribution is -2.81. The van der Waals surface area contributed by atoms with E-state index in [1.807, 2.05) is 6.92 Å². The average molecular weight is 667 g/mol. The molecule has 6 aliphatic rings. The summed E-state index contributed by atoms with van der Waals surface area (Å²) in [6.45, 7) is 4.73. The molecular weight excluding hydrogens is 620 g/mol. The molecule has 48 heavy (non-hydrogen) atoms. The Labute approximate surface area is 279 Å². The van der Waals surface area contributed by atoms with Crippen molar-refractivity contribution in [2.75, 3.05) is 41.0 Å². The number of Topliss-reactive ketones (excluding diaryl/α,β-unsaturated/α-hetero) is 1. The van der Waals surface area contributed by atoms with Crippen LogP contribution in [0.4, 0.5) is 0 Å². The van der Waals surface area contributed by atoms with Crippen LogP contribution in [-0.4, -0.2) is 118 Å². The third kappa shape index (κ3) is 3.51. The van der Waals surface area contributed by atoms with Gasteiger partial charge in [-0.2, -0.15) is 0 Å². The van der Waals surface area contributed by atoms with Gasteiger partial charge in [0.25, 0.3) is 0 Å². The highest BCUT2D eigenvalue weighted by molar-refractivity contribution is 5.94. The summed E-state index contributed by atoms with van der Waals surface area (Å²) in [5, 5.41) is 47.4. The Bertz CT molecular complexity index is 1680. The number of carbonyl (C=O) groups is 2. The highest BCUT2D eigenvalue weighted by Gasteiger charge is 2.91. The predicted molar refractivity (Wildman–Crippen MR) is 170 cm³/mol. The number of hydrogen-bond donors (Lipinski definition) is 4. The number of rotatable bonds is 8. The molecule has 12 atom stereocenters. The van der Waals surface area contributed by atoms with E-state index in [-0.39, 0.29) is 59.8 Å². The molecule has 12 heteroatoms. The van der Waals surface area contributed by atoms with Crippen LogP contribution in [0.2, 0.25) is 0 Å². The number of carbonyl (C=O) groups excluding carboxylic acids is 2. The van der Waals surface area contributed by atoms with Crippen molar-refractivity contribution in [1.29, 1.82) is 0 Å². The first kappa shape index (κ1) is 32.2. The molecule has 2 aromatic rings. The number of likely N-dealkylation sites (tertiary alicyclic amines) is 1. The fourth-order valence-corrected chi connectivity index (χ4v) is 12.4. The zero-order chi connectivity index (χ0) is 34.1. The highest BCUT2D eigenvalue weighted by Crippen LogP contribution is 2.80. The van der Waals surface area contributed by atoms with Gasteiger partial charge >= 0.3 is 5.97 Å². The molecule has 8 rings (SSSR count). The third-order valence-electron chi connectivity index (χ3n) is 13.8. The molecule has 1 unspecified atom stereocenters. The zero-order valence-electron chi connectivity index (χ0n) is 28.1. The molecule has 12 nitrogen and oxygen atoms in total. The lowest BCUT2D eigenvalue weighted by molar-refractivity contribution is -0.300. The van der Waals surface area contributed by atoms with Gasteiger partial charge in [0.2, 0.25) is 5.88 Å². The number of aromatic hydroxyl groups is 2. The number of aromatic nitrogens is 1. The van der Waals surface area contributed by atoms with Crippen LogP contribution in [0.5, 0.6) is 11.8 Å². The van der Waals surface area contributed by atoms with Gasteiger partial charge in [-0.05, 0) is 50.8 Å². The van der Waals surface area contributed by atoms with Crippen molar-refractivity contribution in [2.45, 2.75) is 75.1 Å². The van der Waals surface area contributed by atoms with Crippen molar-refractivity contribution in [2.24, 2.45) is 34.5 Å². The molecule has 4 N–H and O–H groups in total. The second kappa shape index (κ2) is 10.5. The summed E-state index contributed by atoms with van der Waals surface area (Å²) in [6.07, 6.45) is 0.158. The number of nitrogens with zero attached hydrogens (tertiary/aromatic N) is 2. The van der Waals surface area contributed by atoms with E-state index in [1.54, 1.807) is 52.5 Å². The molecule has 7 bridgehead atoms. The van der Waals surface area contributed by atoms with Gasteiger partial charge in [-0.25, -0.2) is 4.79 Å². The van der Waals surface area contributed by atoms with E-state index in [0.29, 0.717) is 37.9 Å². The lowest BCUT2D eigenvalue weighted by Gasteiger charge is -2.69. The summed E-state index contributed by atoms with van der Waals surface area (Å²) in [7, 11) is 4.80. The van der Waals surface area contributed by atoms with Crippen molar-refractivity contribution in [3.05, 3.63) is 41.5 Å². The molecule has 5 saturated carbocycles. The van der Waals surface area contributed by atoms with E-state index in [0.717, 1.165) is 0 Å². The first-order valence-corrected chi connectivity index (χ1v) is 17.1. The minimum Gasteiger partial charge on any atom is -0.494 e. The van der Waals surface area contributed by atoms with Gasteiger partial charge in [0, 0.05) is 68.6 Å². The molecule has 1 aliphatic heterocycles. The Morgan fingerprint density at radius 1 is 1.08 bits per heavy atom. The SMILES string of the molecule is CCN1C[C@]2(COC(=O)c3ccccc3-n3c(O)cc(C)c3O)CC[C@H](OC)[C@]34C1[C@](O)([C@@H](OC)[C@H]23)[C@@]1(O)C[C@H](OC)[C@H]2C[C@@H]4[C@@H]1C2=O.